The summed E-state index contributed by atoms with van der Waals surface area (Å²) in [6.07, 6.45) is 4.18. The maximum Gasteiger partial charge on any atom is 0.315 e. The van der Waals surface area contributed by atoms with Crippen molar-refractivity contribution in [1.82, 2.24) is 10.6 Å². The van der Waals surface area contributed by atoms with Crippen molar-refractivity contribution < 1.29 is 4.79 Å². The Hall–Kier alpha value is -1.51. The minimum Gasteiger partial charge on any atom is -0.336 e. The van der Waals surface area contributed by atoms with Crippen molar-refractivity contribution in [1.29, 1.82) is 0 Å². The van der Waals surface area contributed by atoms with Gasteiger partial charge in [-0.2, -0.15) is 0 Å². The summed E-state index contributed by atoms with van der Waals surface area (Å²) in [5.74, 6) is 0. The van der Waals surface area contributed by atoms with Crippen LogP contribution in [0, 0.1) is 0 Å². The molecule has 1 aliphatic rings. The molecule has 2 N–H and O–H groups in total. The van der Waals surface area contributed by atoms with Crippen molar-refractivity contribution >= 4 is 6.03 Å². The highest BCUT2D eigenvalue weighted by Crippen LogP contribution is 2.30. The Labute approximate surface area is 109 Å². The molecule has 0 heterocycles. The quantitative estimate of drug-likeness (QED) is 0.841. The summed E-state index contributed by atoms with van der Waals surface area (Å²) in [4.78, 5) is 11.9. The average molecular weight is 246 g/mol. The average Bonchev–Trinajstić information content (AvgIpc) is 2.73. The number of benzene rings is 1. The third-order valence-corrected chi connectivity index (χ3v) is 3.54. The Morgan fingerprint density at radius 2 is 2.22 bits per heavy atom. The van der Waals surface area contributed by atoms with E-state index in [0.717, 1.165) is 25.7 Å². The summed E-state index contributed by atoms with van der Waals surface area (Å²) in [5.41, 5.74) is 2.64. The second-order valence-corrected chi connectivity index (χ2v) is 5.10. The summed E-state index contributed by atoms with van der Waals surface area (Å²) in [5, 5.41) is 6.06. The predicted molar refractivity (Wildman–Crippen MR) is 73.5 cm³/mol. The molecule has 98 valence electrons. The minimum atomic E-state index is -0.0438. The van der Waals surface area contributed by atoms with E-state index in [9.17, 15) is 4.79 Å². The number of amides is 2. The molecule has 0 aromatic heterocycles. The molecule has 0 spiro atoms. The zero-order valence-corrected chi connectivity index (χ0v) is 11.2. The van der Waals surface area contributed by atoms with Gasteiger partial charge in [0.15, 0.2) is 0 Å². The van der Waals surface area contributed by atoms with Crippen molar-refractivity contribution in [3.05, 3.63) is 35.4 Å². The highest BCUT2D eigenvalue weighted by atomic mass is 16.2. The number of aryl methyl sites for hydroxylation is 1. The molecule has 0 saturated carbocycles. The lowest BCUT2D eigenvalue weighted by atomic mass is 10.1. The van der Waals surface area contributed by atoms with Crippen LogP contribution in [-0.2, 0) is 6.42 Å². The van der Waals surface area contributed by atoms with Crippen LogP contribution in [0.1, 0.15) is 50.3 Å². The van der Waals surface area contributed by atoms with E-state index in [2.05, 4.69) is 35.8 Å². The number of fused-ring (bicyclic) bond motifs is 1. The summed E-state index contributed by atoms with van der Waals surface area (Å²) in [7, 11) is 0. The predicted octanol–water partition coefficient (Wildman–Crippen LogP) is 3.16. The highest BCUT2D eigenvalue weighted by molar-refractivity contribution is 5.75. The first-order valence-electron chi connectivity index (χ1n) is 6.85. The first-order chi connectivity index (χ1) is 8.70. The van der Waals surface area contributed by atoms with Crippen molar-refractivity contribution in [3.8, 4) is 0 Å². The molecule has 2 rings (SSSR count). The molecule has 0 radical (unpaired) electrons. The monoisotopic (exact) mass is 246 g/mol. The van der Waals surface area contributed by atoms with Crippen LogP contribution < -0.4 is 10.6 Å². The van der Waals surface area contributed by atoms with Gasteiger partial charge in [0.25, 0.3) is 0 Å². The molecule has 0 saturated heterocycles. The van der Waals surface area contributed by atoms with Gasteiger partial charge in [0, 0.05) is 6.04 Å². The van der Waals surface area contributed by atoms with Crippen molar-refractivity contribution in [2.45, 2.75) is 51.6 Å². The Kier molecular flexibility index (Phi) is 4.24. The zero-order chi connectivity index (χ0) is 13.0. The van der Waals surface area contributed by atoms with Crippen LogP contribution in [0.2, 0.25) is 0 Å². The number of carbonyl (C=O) groups is 1. The van der Waals surface area contributed by atoms with E-state index in [0.29, 0.717) is 0 Å². The van der Waals surface area contributed by atoms with Crippen LogP contribution in [0.25, 0.3) is 0 Å². The van der Waals surface area contributed by atoms with E-state index in [1.54, 1.807) is 0 Å². The van der Waals surface area contributed by atoms with Crippen molar-refractivity contribution in [3.63, 3.8) is 0 Å². The van der Waals surface area contributed by atoms with E-state index in [1.807, 2.05) is 13.0 Å². The van der Waals surface area contributed by atoms with Gasteiger partial charge in [-0.1, -0.05) is 37.6 Å². The fourth-order valence-electron chi connectivity index (χ4n) is 2.64. The van der Waals surface area contributed by atoms with Gasteiger partial charge in [0.2, 0.25) is 0 Å². The first-order valence-corrected chi connectivity index (χ1v) is 6.85. The SMILES string of the molecule is CCCC(C)NC(=O)NC1CCc2ccccc21. The molecule has 1 aliphatic carbocycles. The van der Waals surface area contributed by atoms with Gasteiger partial charge in [0.05, 0.1) is 6.04 Å². The van der Waals surface area contributed by atoms with E-state index < -0.39 is 0 Å². The van der Waals surface area contributed by atoms with E-state index in [1.165, 1.54) is 11.1 Å². The number of carbonyl (C=O) groups excluding carboxylic acids is 1. The number of hydrogen-bond acceptors (Lipinski definition) is 1. The largest absolute Gasteiger partial charge is 0.336 e. The van der Waals surface area contributed by atoms with Crippen LogP contribution in [0.3, 0.4) is 0 Å². The van der Waals surface area contributed by atoms with Crippen molar-refractivity contribution in [2.75, 3.05) is 0 Å². The highest BCUT2D eigenvalue weighted by Gasteiger charge is 2.23. The molecule has 0 aliphatic heterocycles. The molecular formula is C15H22N2O. The molecule has 0 fully saturated rings. The van der Waals surface area contributed by atoms with Gasteiger partial charge < -0.3 is 10.6 Å². The lowest BCUT2D eigenvalue weighted by Crippen LogP contribution is -2.41. The third kappa shape index (κ3) is 3.03. The lowest BCUT2D eigenvalue weighted by molar-refractivity contribution is 0.233. The van der Waals surface area contributed by atoms with E-state index in [-0.39, 0.29) is 18.1 Å². The van der Waals surface area contributed by atoms with Crippen LogP contribution in [0.15, 0.2) is 24.3 Å². The maximum absolute atomic E-state index is 11.9. The fraction of sp³-hybridized carbons (Fsp3) is 0.533. The maximum atomic E-state index is 11.9. The molecular weight excluding hydrogens is 224 g/mol. The van der Waals surface area contributed by atoms with E-state index in [4.69, 9.17) is 0 Å². The van der Waals surface area contributed by atoms with Crippen LogP contribution in [0.4, 0.5) is 4.79 Å². The summed E-state index contributed by atoms with van der Waals surface area (Å²) >= 11 is 0. The molecule has 18 heavy (non-hydrogen) atoms. The summed E-state index contributed by atoms with van der Waals surface area (Å²) in [6.45, 7) is 4.18. The number of rotatable bonds is 4. The lowest BCUT2D eigenvalue weighted by Gasteiger charge is -2.18. The molecule has 1 aromatic carbocycles. The Balaban J connectivity index is 1.89. The molecule has 0 bridgehead atoms. The Morgan fingerprint density at radius 1 is 1.44 bits per heavy atom. The standard InChI is InChI=1S/C15H22N2O/c1-3-6-11(2)16-15(18)17-14-10-9-12-7-4-5-8-13(12)14/h4-5,7-8,11,14H,3,6,9-10H2,1-2H3,(H2,16,17,18). The van der Waals surface area contributed by atoms with Gasteiger partial charge in [-0.05, 0) is 37.3 Å². The number of nitrogens with one attached hydrogen (secondary N) is 2. The van der Waals surface area contributed by atoms with Crippen molar-refractivity contribution in [2.24, 2.45) is 0 Å². The number of hydrogen-bond donors (Lipinski definition) is 2. The van der Waals surface area contributed by atoms with Gasteiger partial charge in [-0.3, -0.25) is 0 Å². The van der Waals surface area contributed by atoms with Crippen LogP contribution in [0.5, 0.6) is 0 Å². The summed E-state index contributed by atoms with van der Waals surface area (Å²) in [6, 6.07) is 8.73. The molecule has 2 atom stereocenters. The molecule has 2 unspecified atom stereocenters. The van der Waals surface area contributed by atoms with Crippen LogP contribution >= 0.6 is 0 Å². The smallest absolute Gasteiger partial charge is 0.315 e. The minimum absolute atomic E-state index is 0.0438. The molecule has 2 amide bonds. The summed E-state index contributed by atoms with van der Waals surface area (Å²) < 4.78 is 0. The van der Waals surface area contributed by atoms with E-state index >= 15 is 0 Å². The molecule has 3 heteroatoms. The molecule has 3 nitrogen and oxygen atoms in total. The van der Waals surface area contributed by atoms with Crippen LogP contribution in [-0.4, -0.2) is 12.1 Å². The first kappa shape index (κ1) is 12.9. The Bertz CT molecular complexity index is 417. The van der Waals surface area contributed by atoms with Gasteiger partial charge in [-0.25, -0.2) is 4.79 Å². The van der Waals surface area contributed by atoms with Gasteiger partial charge in [-0.15, -0.1) is 0 Å². The third-order valence-electron chi connectivity index (χ3n) is 3.54. The second-order valence-electron chi connectivity index (χ2n) is 5.10. The second kappa shape index (κ2) is 5.89. The van der Waals surface area contributed by atoms with Gasteiger partial charge in [0.1, 0.15) is 0 Å². The van der Waals surface area contributed by atoms with Gasteiger partial charge >= 0.3 is 6.03 Å². The molecule has 1 aromatic rings. The topological polar surface area (TPSA) is 41.1 Å². The number of urea groups is 1. The zero-order valence-electron chi connectivity index (χ0n) is 11.2. The fourth-order valence-corrected chi connectivity index (χ4v) is 2.64. The Morgan fingerprint density at radius 3 is 3.00 bits per heavy atom. The normalized spacial score (nSPS) is 19.1.